The van der Waals surface area contributed by atoms with Gasteiger partial charge in [0.1, 0.15) is 5.15 Å². The molecule has 1 aromatic heterocycles. The number of hydrogen-bond donors (Lipinski definition) is 0. The molecule has 1 aromatic carbocycles. The van der Waals surface area contributed by atoms with Crippen molar-refractivity contribution in [2.45, 2.75) is 0 Å². The van der Waals surface area contributed by atoms with Gasteiger partial charge in [-0.1, -0.05) is 35.9 Å². The van der Waals surface area contributed by atoms with Gasteiger partial charge < -0.3 is 0 Å². The second-order valence-corrected chi connectivity index (χ2v) is 2.81. The fourth-order valence-corrected chi connectivity index (χ4v) is 1.38. The molecule has 60 valence electrons. The Hall–Kier alpha value is -1.15. The number of aromatic nitrogens is 1. The van der Waals surface area contributed by atoms with Crippen molar-refractivity contribution in [1.29, 1.82) is 0 Å². The van der Waals surface area contributed by atoms with E-state index in [1.807, 2.05) is 18.2 Å². The van der Waals surface area contributed by atoms with Crippen LogP contribution in [0.3, 0.4) is 0 Å². The Bertz CT molecular complexity index is 428. The van der Waals surface area contributed by atoms with E-state index < -0.39 is 5.95 Å². The standard InChI is InChI=1S/C9H5ClFN/c10-9-7-4-2-1-3-6(7)5-8(11)12-9/h1-5H. The zero-order chi connectivity index (χ0) is 8.55. The first-order chi connectivity index (χ1) is 5.77. The highest BCUT2D eigenvalue weighted by Gasteiger charge is 2.01. The van der Waals surface area contributed by atoms with Crippen LogP contribution >= 0.6 is 11.6 Å². The Morgan fingerprint density at radius 3 is 2.83 bits per heavy atom. The molecule has 0 fully saturated rings. The maximum absolute atomic E-state index is 12.7. The molecule has 1 nitrogen and oxygen atoms in total. The summed E-state index contributed by atoms with van der Waals surface area (Å²) < 4.78 is 12.7. The normalized spacial score (nSPS) is 10.5. The molecular formula is C9H5ClFN. The molecule has 0 atom stereocenters. The van der Waals surface area contributed by atoms with E-state index in [2.05, 4.69) is 4.98 Å². The molecule has 0 N–H and O–H groups in total. The van der Waals surface area contributed by atoms with Crippen molar-refractivity contribution < 1.29 is 4.39 Å². The zero-order valence-corrected chi connectivity index (χ0v) is 6.85. The zero-order valence-electron chi connectivity index (χ0n) is 6.09. The first-order valence-electron chi connectivity index (χ1n) is 3.48. The number of halogens is 2. The first kappa shape index (κ1) is 7.50. The molecule has 0 unspecified atom stereocenters. The number of fused-ring (bicyclic) bond motifs is 1. The van der Waals surface area contributed by atoms with Gasteiger partial charge in [0, 0.05) is 11.5 Å². The van der Waals surface area contributed by atoms with Gasteiger partial charge in [0.2, 0.25) is 5.95 Å². The van der Waals surface area contributed by atoms with E-state index in [4.69, 9.17) is 11.6 Å². The second kappa shape index (κ2) is 2.72. The van der Waals surface area contributed by atoms with E-state index in [0.29, 0.717) is 0 Å². The molecule has 0 radical (unpaired) electrons. The maximum Gasteiger partial charge on any atom is 0.214 e. The molecule has 0 bridgehead atoms. The first-order valence-corrected chi connectivity index (χ1v) is 3.86. The van der Waals surface area contributed by atoms with Gasteiger partial charge in [-0.25, -0.2) is 4.98 Å². The van der Waals surface area contributed by atoms with Gasteiger partial charge in [0.05, 0.1) is 0 Å². The predicted octanol–water partition coefficient (Wildman–Crippen LogP) is 3.03. The summed E-state index contributed by atoms with van der Waals surface area (Å²) in [7, 11) is 0. The van der Waals surface area contributed by atoms with Crippen molar-refractivity contribution in [3.05, 3.63) is 41.4 Å². The summed E-state index contributed by atoms with van der Waals surface area (Å²) in [4.78, 5) is 3.50. The van der Waals surface area contributed by atoms with Crippen molar-refractivity contribution >= 4 is 22.4 Å². The number of pyridine rings is 1. The average Bonchev–Trinajstić information content (AvgIpc) is 2.04. The number of hydrogen-bond acceptors (Lipinski definition) is 1. The van der Waals surface area contributed by atoms with Crippen LogP contribution in [0.4, 0.5) is 4.39 Å². The van der Waals surface area contributed by atoms with Gasteiger partial charge >= 0.3 is 0 Å². The minimum absolute atomic E-state index is 0.214. The minimum Gasteiger partial charge on any atom is -0.207 e. The van der Waals surface area contributed by atoms with E-state index in [-0.39, 0.29) is 5.15 Å². The number of nitrogens with zero attached hydrogens (tertiary/aromatic N) is 1. The van der Waals surface area contributed by atoms with E-state index in [1.165, 1.54) is 6.07 Å². The SMILES string of the molecule is Fc1cc2ccccc2c(Cl)n1. The maximum atomic E-state index is 12.7. The molecule has 3 heteroatoms. The molecule has 0 amide bonds. The van der Waals surface area contributed by atoms with Crippen molar-refractivity contribution in [1.82, 2.24) is 4.98 Å². The highest BCUT2D eigenvalue weighted by atomic mass is 35.5. The summed E-state index contributed by atoms with van der Waals surface area (Å²) in [5, 5.41) is 1.76. The summed E-state index contributed by atoms with van der Waals surface area (Å²) in [6, 6.07) is 8.64. The lowest BCUT2D eigenvalue weighted by Crippen LogP contribution is -1.84. The molecule has 1 heterocycles. The molecule has 0 aliphatic carbocycles. The fraction of sp³-hybridized carbons (Fsp3) is 0. The predicted molar refractivity (Wildman–Crippen MR) is 46.7 cm³/mol. The van der Waals surface area contributed by atoms with Gasteiger partial charge in [0.25, 0.3) is 0 Å². The van der Waals surface area contributed by atoms with Crippen LogP contribution in [0.15, 0.2) is 30.3 Å². The molecule has 0 saturated heterocycles. The van der Waals surface area contributed by atoms with Gasteiger partial charge in [-0.2, -0.15) is 4.39 Å². The molecule has 0 spiro atoms. The molecule has 0 aliphatic heterocycles. The minimum atomic E-state index is -0.543. The smallest absolute Gasteiger partial charge is 0.207 e. The van der Waals surface area contributed by atoms with Crippen molar-refractivity contribution in [2.24, 2.45) is 0 Å². The lowest BCUT2D eigenvalue weighted by atomic mass is 10.2. The molecule has 2 aromatic rings. The van der Waals surface area contributed by atoms with Crippen LogP contribution in [0.25, 0.3) is 10.8 Å². The van der Waals surface area contributed by atoms with E-state index >= 15 is 0 Å². The number of benzene rings is 1. The fourth-order valence-electron chi connectivity index (χ4n) is 1.13. The van der Waals surface area contributed by atoms with Gasteiger partial charge in [-0.15, -0.1) is 0 Å². The lowest BCUT2D eigenvalue weighted by Gasteiger charge is -1.98. The third kappa shape index (κ3) is 1.14. The summed E-state index contributed by atoms with van der Waals surface area (Å²) in [5.74, 6) is -0.543. The molecule has 0 saturated carbocycles. The van der Waals surface area contributed by atoms with Crippen LogP contribution in [-0.2, 0) is 0 Å². The number of rotatable bonds is 0. The summed E-state index contributed by atoms with van der Waals surface area (Å²) in [6.45, 7) is 0. The van der Waals surface area contributed by atoms with Crippen LogP contribution < -0.4 is 0 Å². The second-order valence-electron chi connectivity index (χ2n) is 2.46. The highest BCUT2D eigenvalue weighted by molar-refractivity contribution is 6.34. The van der Waals surface area contributed by atoms with E-state index in [9.17, 15) is 4.39 Å². The molecular weight excluding hydrogens is 177 g/mol. The summed E-state index contributed by atoms with van der Waals surface area (Å²) in [6.07, 6.45) is 0. The average molecular weight is 182 g/mol. The van der Waals surface area contributed by atoms with E-state index in [0.717, 1.165) is 10.8 Å². The lowest BCUT2D eigenvalue weighted by molar-refractivity contribution is 0.586. The topological polar surface area (TPSA) is 12.9 Å². The monoisotopic (exact) mass is 181 g/mol. The van der Waals surface area contributed by atoms with Crippen molar-refractivity contribution in [3.63, 3.8) is 0 Å². The van der Waals surface area contributed by atoms with Gasteiger partial charge in [0.15, 0.2) is 0 Å². The summed E-state index contributed by atoms with van der Waals surface area (Å²) >= 11 is 5.71. The molecule has 0 aliphatic rings. The van der Waals surface area contributed by atoms with Crippen LogP contribution in [0.5, 0.6) is 0 Å². The van der Waals surface area contributed by atoms with Crippen molar-refractivity contribution in [2.75, 3.05) is 0 Å². The van der Waals surface area contributed by atoms with E-state index in [1.54, 1.807) is 6.07 Å². The largest absolute Gasteiger partial charge is 0.214 e. The highest BCUT2D eigenvalue weighted by Crippen LogP contribution is 2.21. The van der Waals surface area contributed by atoms with Crippen LogP contribution in [0.1, 0.15) is 0 Å². The third-order valence-corrected chi connectivity index (χ3v) is 1.95. The molecule has 12 heavy (non-hydrogen) atoms. The van der Waals surface area contributed by atoms with Crippen LogP contribution in [0, 0.1) is 5.95 Å². The molecule has 2 rings (SSSR count). The van der Waals surface area contributed by atoms with Crippen molar-refractivity contribution in [3.8, 4) is 0 Å². The summed E-state index contributed by atoms with van der Waals surface area (Å²) in [5.41, 5.74) is 0. The van der Waals surface area contributed by atoms with Crippen LogP contribution in [-0.4, -0.2) is 4.98 Å². The Kier molecular flexibility index (Phi) is 1.70. The van der Waals surface area contributed by atoms with Crippen LogP contribution in [0.2, 0.25) is 5.15 Å². The Labute approximate surface area is 73.8 Å². The Morgan fingerprint density at radius 1 is 1.25 bits per heavy atom. The Balaban J connectivity index is 2.89. The quantitative estimate of drug-likeness (QED) is 0.570. The van der Waals surface area contributed by atoms with Gasteiger partial charge in [-0.05, 0) is 5.39 Å². The van der Waals surface area contributed by atoms with Gasteiger partial charge in [-0.3, -0.25) is 0 Å². The Morgan fingerprint density at radius 2 is 2.00 bits per heavy atom. The third-order valence-electron chi connectivity index (χ3n) is 1.66.